The van der Waals surface area contributed by atoms with Gasteiger partial charge in [0.2, 0.25) is 5.91 Å². The molecule has 2 heterocycles. The van der Waals surface area contributed by atoms with E-state index in [0.717, 1.165) is 13.0 Å². The summed E-state index contributed by atoms with van der Waals surface area (Å²) in [4.78, 5) is 28.4. The first-order chi connectivity index (χ1) is 13.5. The largest absolute Gasteiger partial charge is 0.459 e. The van der Waals surface area contributed by atoms with Crippen molar-refractivity contribution in [2.75, 3.05) is 18.4 Å². The molecule has 1 aromatic carbocycles. The van der Waals surface area contributed by atoms with Crippen molar-refractivity contribution in [2.45, 2.75) is 45.3 Å². The minimum Gasteiger partial charge on any atom is -0.459 e. The maximum absolute atomic E-state index is 12.6. The number of hydrogen-bond acceptors (Lipinski definition) is 5. The first-order valence-electron chi connectivity index (χ1n) is 9.92. The van der Waals surface area contributed by atoms with Gasteiger partial charge >= 0.3 is 5.97 Å². The molecule has 28 heavy (non-hydrogen) atoms. The van der Waals surface area contributed by atoms with Gasteiger partial charge < -0.3 is 10.1 Å². The fraction of sp³-hybridized carbons (Fsp3) is 0.455. The number of carbonyl (C=O) groups is 2. The van der Waals surface area contributed by atoms with E-state index in [-0.39, 0.29) is 18.0 Å². The average Bonchev–Trinajstić information content (AvgIpc) is 3.37. The molecule has 1 aliphatic heterocycles. The van der Waals surface area contributed by atoms with E-state index in [1.807, 2.05) is 25.2 Å². The van der Waals surface area contributed by atoms with Gasteiger partial charge in [-0.15, -0.1) is 11.3 Å². The Morgan fingerprint density at radius 3 is 2.64 bits per heavy atom. The first kappa shape index (κ1) is 19.2. The highest BCUT2D eigenvalue weighted by atomic mass is 32.1. The highest BCUT2D eigenvalue weighted by Crippen LogP contribution is 2.48. The summed E-state index contributed by atoms with van der Waals surface area (Å²) in [5.74, 6) is 0.328. The van der Waals surface area contributed by atoms with Gasteiger partial charge in [0, 0.05) is 23.2 Å². The third kappa shape index (κ3) is 4.28. The Labute approximate surface area is 169 Å². The predicted molar refractivity (Wildman–Crippen MR) is 111 cm³/mol. The summed E-state index contributed by atoms with van der Waals surface area (Å²) in [5, 5.41) is 5.14. The summed E-state index contributed by atoms with van der Waals surface area (Å²) in [6, 6.07) is 9.49. The van der Waals surface area contributed by atoms with Crippen LogP contribution in [-0.2, 0) is 16.0 Å². The van der Waals surface area contributed by atoms with Crippen LogP contribution in [0.1, 0.15) is 53.5 Å². The molecule has 1 aromatic heterocycles. The molecule has 0 unspecified atom stereocenters. The number of fused-ring (bicyclic) bond motifs is 1. The van der Waals surface area contributed by atoms with Crippen molar-refractivity contribution in [2.24, 2.45) is 5.92 Å². The predicted octanol–water partition coefficient (Wildman–Crippen LogP) is 4.26. The van der Waals surface area contributed by atoms with Crippen molar-refractivity contribution in [3.05, 3.63) is 51.7 Å². The van der Waals surface area contributed by atoms with Gasteiger partial charge in [0.1, 0.15) is 0 Å². The van der Waals surface area contributed by atoms with E-state index in [4.69, 9.17) is 4.74 Å². The molecule has 0 radical (unpaired) electrons. The molecule has 5 nitrogen and oxygen atoms in total. The molecule has 2 aliphatic rings. The summed E-state index contributed by atoms with van der Waals surface area (Å²) >= 11 is 1.84. The topological polar surface area (TPSA) is 58.6 Å². The second-order valence-electron chi connectivity index (χ2n) is 7.88. The zero-order valence-electron chi connectivity index (χ0n) is 16.3. The smallest absolute Gasteiger partial charge is 0.338 e. The van der Waals surface area contributed by atoms with Gasteiger partial charge in [0.15, 0.2) is 0 Å². The Hall–Kier alpha value is -2.18. The number of anilines is 1. The van der Waals surface area contributed by atoms with E-state index in [9.17, 15) is 9.59 Å². The highest BCUT2D eigenvalue weighted by molar-refractivity contribution is 7.10. The maximum atomic E-state index is 12.6. The Morgan fingerprint density at radius 2 is 1.96 bits per heavy atom. The number of nitrogens with one attached hydrogen (secondary N) is 1. The van der Waals surface area contributed by atoms with E-state index in [0.29, 0.717) is 29.8 Å². The van der Waals surface area contributed by atoms with Crippen molar-refractivity contribution in [3.63, 3.8) is 0 Å². The fourth-order valence-corrected chi connectivity index (χ4v) is 4.81. The number of amides is 1. The van der Waals surface area contributed by atoms with Crippen LogP contribution < -0.4 is 5.32 Å². The molecular formula is C22H26N2O3S. The second kappa shape index (κ2) is 8.05. The maximum Gasteiger partial charge on any atom is 0.338 e. The van der Waals surface area contributed by atoms with Crippen molar-refractivity contribution in [3.8, 4) is 0 Å². The zero-order valence-corrected chi connectivity index (χ0v) is 17.1. The summed E-state index contributed by atoms with van der Waals surface area (Å²) in [7, 11) is 0. The van der Waals surface area contributed by atoms with Crippen LogP contribution in [0.2, 0.25) is 0 Å². The lowest BCUT2D eigenvalue weighted by Gasteiger charge is -2.35. The van der Waals surface area contributed by atoms with Crippen LogP contribution in [0.5, 0.6) is 0 Å². The minimum absolute atomic E-state index is 0.0122. The Balaban J connectivity index is 1.37. The standard InChI is InChI=1S/C22H26N2O3S/c1-14(2)27-22(26)16-5-7-17(8-6-16)23-20(25)13-24-11-9-19-18(10-12-28-19)21(24)15-3-4-15/h5-8,10,12,14-15,21H,3-4,9,11,13H2,1-2H3,(H,23,25)/t21-/m0/s1. The molecule has 1 amide bonds. The monoisotopic (exact) mass is 398 g/mol. The van der Waals surface area contributed by atoms with E-state index < -0.39 is 0 Å². The molecule has 1 saturated carbocycles. The number of nitrogens with zero attached hydrogens (tertiary/aromatic N) is 1. The second-order valence-corrected chi connectivity index (χ2v) is 8.88. The van der Waals surface area contributed by atoms with Crippen LogP contribution >= 0.6 is 11.3 Å². The molecule has 0 saturated heterocycles. The number of carbonyl (C=O) groups excluding carboxylic acids is 2. The quantitative estimate of drug-likeness (QED) is 0.739. The van der Waals surface area contributed by atoms with Crippen molar-refractivity contribution in [1.29, 1.82) is 0 Å². The number of rotatable bonds is 6. The zero-order chi connectivity index (χ0) is 19.7. The molecule has 1 atom stereocenters. The Bertz CT molecular complexity index is 855. The molecule has 1 fully saturated rings. The Morgan fingerprint density at radius 1 is 1.21 bits per heavy atom. The van der Waals surface area contributed by atoms with E-state index in [2.05, 4.69) is 21.7 Å². The van der Waals surface area contributed by atoms with Gasteiger partial charge in [-0.05, 0) is 80.3 Å². The molecule has 4 rings (SSSR count). The molecule has 1 N–H and O–H groups in total. The average molecular weight is 399 g/mol. The van der Waals surface area contributed by atoms with E-state index in [1.54, 1.807) is 24.3 Å². The van der Waals surface area contributed by atoms with Crippen LogP contribution in [0.15, 0.2) is 35.7 Å². The van der Waals surface area contributed by atoms with Crippen molar-refractivity contribution >= 4 is 28.9 Å². The molecular weight excluding hydrogens is 372 g/mol. The normalized spacial score (nSPS) is 19.3. The number of thiophene rings is 1. The SMILES string of the molecule is CC(C)OC(=O)c1ccc(NC(=O)CN2CCc3sccc3[C@@H]2C2CC2)cc1. The molecule has 6 heteroatoms. The van der Waals surface area contributed by atoms with E-state index in [1.165, 1.54) is 23.3 Å². The number of ether oxygens (including phenoxy) is 1. The van der Waals surface area contributed by atoms with Gasteiger partial charge in [-0.2, -0.15) is 0 Å². The number of esters is 1. The van der Waals surface area contributed by atoms with E-state index >= 15 is 0 Å². The Kier molecular flexibility index (Phi) is 5.51. The highest BCUT2D eigenvalue weighted by Gasteiger charge is 2.40. The van der Waals surface area contributed by atoms with Crippen LogP contribution in [0.3, 0.4) is 0 Å². The first-order valence-corrected chi connectivity index (χ1v) is 10.8. The summed E-state index contributed by atoms with van der Waals surface area (Å²) in [5.41, 5.74) is 2.61. The third-order valence-electron chi connectivity index (χ3n) is 5.28. The molecule has 2 aromatic rings. The van der Waals surface area contributed by atoms with Crippen LogP contribution in [0.4, 0.5) is 5.69 Å². The van der Waals surface area contributed by atoms with Gasteiger partial charge in [-0.3, -0.25) is 9.69 Å². The lowest BCUT2D eigenvalue weighted by molar-refractivity contribution is -0.118. The molecule has 0 bridgehead atoms. The van der Waals surface area contributed by atoms with Gasteiger partial charge in [0.25, 0.3) is 0 Å². The third-order valence-corrected chi connectivity index (χ3v) is 6.28. The fourth-order valence-electron chi connectivity index (χ4n) is 3.90. The summed E-state index contributed by atoms with van der Waals surface area (Å²) in [6.07, 6.45) is 3.38. The molecule has 0 spiro atoms. The van der Waals surface area contributed by atoms with Crippen molar-refractivity contribution in [1.82, 2.24) is 4.90 Å². The van der Waals surface area contributed by atoms with Gasteiger partial charge in [-0.25, -0.2) is 4.79 Å². The van der Waals surface area contributed by atoms with Crippen molar-refractivity contribution < 1.29 is 14.3 Å². The van der Waals surface area contributed by atoms with Crippen LogP contribution in [0.25, 0.3) is 0 Å². The molecule has 1 aliphatic carbocycles. The lowest BCUT2D eigenvalue weighted by atomic mass is 9.96. The lowest BCUT2D eigenvalue weighted by Crippen LogP contribution is -2.41. The number of benzene rings is 1. The summed E-state index contributed by atoms with van der Waals surface area (Å²) < 4.78 is 5.19. The summed E-state index contributed by atoms with van der Waals surface area (Å²) in [6.45, 7) is 4.97. The van der Waals surface area contributed by atoms with Crippen LogP contribution in [-0.4, -0.2) is 36.0 Å². The molecule has 148 valence electrons. The van der Waals surface area contributed by atoms with Gasteiger partial charge in [-0.1, -0.05) is 0 Å². The van der Waals surface area contributed by atoms with Gasteiger partial charge in [0.05, 0.1) is 18.2 Å². The number of hydrogen-bond donors (Lipinski definition) is 1. The minimum atomic E-state index is -0.347. The van der Waals surface area contributed by atoms with Crippen LogP contribution in [0, 0.1) is 5.92 Å².